The van der Waals surface area contributed by atoms with Gasteiger partial charge in [0.25, 0.3) is 0 Å². The van der Waals surface area contributed by atoms with Crippen molar-refractivity contribution in [2.75, 3.05) is 0 Å². The molecule has 0 fully saturated rings. The SMILES string of the molecule is CC(C)C1C=Cc2ccncc2C1. The average Bonchev–Trinajstić information content (AvgIpc) is 2.17. The number of allylic oxidation sites excluding steroid dienone is 1. The third kappa shape index (κ3) is 1.64. The summed E-state index contributed by atoms with van der Waals surface area (Å²) in [6, 6.07) is 2.09. The lowest BCUT2D eigenvalue weighted by atomic mass is 9.84. The Morgan fingerprint density at radius 2 is 2.31 bits per heavy atom. The summed E-state index contributed by atoms with van der Waals surface area (Å²) in [5.74, 6) is 1.42. The monoisotopic (exact) mass is 173 g/mol. The van der Waals surface area contributed by atoms with Crippen LogP contribution >= 0.6 is 0 Å². The number of fused-ring (bicyclic) bond motifs is 1. The van der Waals surface area contributed by atoms with Gasteiger partial charge in [0.05, 0.1) is 0 Å². The highest BCUT2D eigenvalue weighted by Crippen LogP contribution is 2.26. The summed E-state index contributed by atoms with van der Waals surface area (Å²) in [7, 11) is 0. The highest BCUT2D eigenvalue weighted by molar-refractivity contribution is 5.55. The molecule has 0 aromatic carbocycles. The maximum Gasteiger partial charge on any atom is 0.0306 e. The molecule has 0 saturated heterocycles. The summed E-state index contributed by atoms with van der Waals surface area (Å²) in [6.45, 7) is 4.55. The molecule has 13 heavy (non-hydrogen) atoms. The van der Waals surface area contributed by atoms with Crippen molar-refractivity contribution in [1.29, 1.82) is 0 Å². The van der Waals surface area contributed by atoms with E-state index in [0.29, 0.717) is 5.92 Å². The second-order valence-corrected chi connectivity index (χ2v) is 4.05. The van der Waals surface area contributed by atoms with Crippen molar-refractivity contribution >= 4 is 6.08 Å². The van der Waals surface area contributed by atoms with E-state index < -0.39 is 0 Å². The van der Waals surface area contributed by atoms with Crippen LogP contribution in [0.1, 0.15) is 25.0 Å². The van der Waals surface area contributed by atoms with Gasteiger partial charge < -0.3 is 0 Å². The molecule has 1 aliphatic carbocycles. The second kappa shape index (κ2) is 3.33. The van der Waals surface area contributed by atoms with Crippen molar-refractivity contribution in [3.8, 4) is 0 Å². The number of aromatic nitrogens is 1. The average molecular weight is 173 g/mol. The van der Waals surface area contributed by atoms with E-state index in [1.165, 1.54) is 11.1 Å². The maximum absolute atomic E-state index is 4.16. The number of hydrogen-bond acceptors (Lipinski definition) is 1. The fourth-order valence-corrected chi connectivity index (χ4v) is 1.78. The lowest BCUT2D eigenvalue weighted by Crippen LogP contribution is -2.13. The van der Waals surface area contributed by atoms with E-state index in [2.05, 4.69) is 37.0 Å². The molecule has 0 saturated carbocycles. The van der Waals surface area contributed by atoms with Crippen molar-refractivity contribution < 1.29 is 0 Å². The zero-order valence-corrected chi connectivity index (χ0v) is 8.20. The van der Waals surface area contributed by atoms with Crippen LogP contribution < -0.4 is 0 Å². The summed E-state index contributed by atoms with van der Waals surface area (Å²) >= 11 is 0. The van der Waals surface area contributed by atoms with Gasteiger partial charge in [-0.05, 0) is 35.4 Å². The lowest BCUT2D eigenvalue weighted by molar-refractivity contribution is 0.461. The van der Waals surface area contributed by atoms with Gasteiger partial charge in [0.1, 0.15) is 0 Å². The van der Waals surface area contributed by atoms with Crippen LogP contribution in [0.15, 0.2) is 24.5 Å². The molecule has 1 heterocycles. The third-order valence-electron chi connectivity index (χ3n) is 2.78. The van der Waals surface area contributed by atoms with E-state index in [-0.39, 0.29) is 0 Å². The van der Waals surface area contributed by atoms with Gasteiger partial charge in [-0.3, -0.25) is 4.98 Å². The third-order valence-corrected chi connectivity index (χ3v) is 2.78. The fraction of sp³-hybridized carbons (Fsp3) is 0.417. The van der Waals surface area contributed by atoms with Crippen LogP contribution in [0.5, 0.6) is 0 Å². The Balaban J connectivity index is 2.29. The van der Waals surface area contributed by atoms with Gasteiger partial charge in [-0.2, -0.15) is 0 Å². The van der Waals surface area contributed by atoms with Gasteiger partial charge in [-0.1, -0.05) is 26.0 Å². The number of rotatable bonds is 1. The first-order valence-corrected chi connectivity index (χ1v) is 4.88. The fourth-order valence-electron chi connectivity index (χ4n) is 1.78. The van der Waals surface area contributed by atoms with Crippen molar-refractivity contribution in [3.63, 3.8) is 0 Å². The topological polar surface area (TPSA) is 12.9 Å². The molecule has 1 unspecified atom stereocenters. The summed E-state index contributed by atoms with van der Waals surface area (Å²) in [6.07, 6.45) is 9.56. The van der Waals surface area contributed by atoms with Crippen molar-refractivity contribution in [2.45, 2.75) is 20.3 Å². The maximum atomic E-state index is 4.16. The molecule has 0 radical (unpaired) electrons. The highest BCUT2D eigenvalue weighted by Gasteiger charge is 2.16. The first-order valence-electron chi connectivity index (χ1n) is 4.88. The summed E-state index contributed by atoms with van der Waals surface area (Å²) in [5.41, 5.74) is 2.73. The molecule has 0 amide bonds. The molecule has 0 bridgehead atoms. The molecule has 1 nitrogen and oxygen atoms in total. The zero-order valence-electron chi connectivity index (χ0n) is 8.20. The molecule has 0 aliphatic heterocycles. The molecule has 0 spiro atoms. The normalized spacial score (nSPS) is 20.4. The lowest BCUT2D eigenvalue weighted by Gasteiger charge is -2.21. The Kier molecular flexibility index (Phi) is 2.17. The summed E-state index contributed by atoms with van der Waals surface area (Å²) < 4.78 is 0. The van der Waals surface area contributed by atoms with Crippen molar-refractivity contribution in [3.05, 3.63) is 35.7 Å². The quantitative estimate of drug-likeness (QED) is 0.636. The minimum Gasteiger partial charge on any atom is -0.264 e. The summed E-state index contributed by atoms with van der Waals surface area (Å²) in [4.78, 5) is 4.16. The standard InChI is InChI=1S/C12H15N/c1-9(2)11-4-3-10-5-6-13-8-12(10)7-11/h3-6,8-9,11H,7H2,1-2H3. The Bertz CT molecular complexity index is 326. The zero-order chi connectivity index (χ0) is 9.26. The number of hydrogen-bond donors (Lipinski definition) is 0. The van der Waals surface area contributed by atoms with Crippen LogP contribution in [-0.4, -0.2) is 4.98 Å². The van der Waals surface area contributed by atoms with Crippen molar-refractivity contribution in [2.24, 2.45) is 11.8 Å². The van der Waals surface area contributed by atoms with Crippen LogP contribution in [0, 0.1) is 11.8 Å². The van der Waals surface area contributed by atoms with Gasteiger partial charge in [-0.15, -0.1) is 0 Å². The van der Waals surface area contributed by atoms with E-state index >= 15 is 0 Å². The van der Waals surface area contributed by atoms with Crippen LogP contribution in [0.3, 0.4) is 0 Å². The molecule has 1 aromatic rings. The van der Waals surface area contributed by atoms with E-state index in [9.17, 15) is 0 Å². The Morgan fingerprint density at radius 3 is 3.08 bits per heavy atom. The first kappa shape index (κ1) is 8.49. The first-order chi connectivity index (χ1) is 6.27. The van der Waals surface area contributed by atoms with Gasteiger partial charge in [-0.25, -0.2) is 0 Å². The minimum absolute atomic E-state index is 0.691. The highest BCUT2D eigenvalue weighted by atomic mass is 14.6. The van der Waals surface area contributed by atoms with Crippen molar-refractivity contribution in [1.82, 2.24) is 4.98 Å². The van der Waals surface area contributed by atoms with Gasteiger partial charge in [0.15, 0.2) is 0 Å². The van der Waals surface area contributed by atoms with Crippen LogP contribution in [-0.2, 0) is 6.42 Å². The molecule has 1 heteroatoms. The Labute approximate surface area is 79.5 Å². The van der Waals surface area contributed by atoms with E-state index in [4.69, 9.17) is 0 Å². The van der Waals surface area contributed by atoms with E-state index in [0.717, 1.165) is 12.3 Å². The van der Waals surface area contributed by atoms with E-state index in [1.54, 1.807) is 0 Å². The molecule has 1 aromatic heterocycles. The second-order valence-electron chi connectivity index (χ2n) is 4.05. The van der Waals surface area contributed by atoms with Crippen LogP contribution in [0.2, 0.25) is 0 Å². The molecular weight excluding hydrogens is 158 g/mol. The molecule has 2 rings (SSSR count). The number of pyridine rings is 1. The Morgan fingerprint density at radius 1 is 1.46 bits per heavy atom. The molecule has 1 atom stereocenters. The molecular formula is C12H15N. The number of nitrogens with zero attached hydrogens (tertiary/aromatic N) is 1. The van der Waals surface area contributed by atoms with Gasteiger partial charge in [0, 0.05) is 12.4 Å². The van der Waals surface area contributed by atoms with Crippen LogP contribution in [0.4, 0.5) is 0 Å². The largest absolute Gasteiger partial charge is 0.264 e. The summed E-state index contributed by atoms with van der Waals surface area (Å²) in [5, 5.41) is 0. The smallest absolute Gasteiger partial charge is 0.0306 e. The predicted octanol–water partition coefficient (Wildman–Crippen LogP) is 2.92. The Hall–Kier alpha value is -1.11. The van der Waals surface area contributed by atoms with E-state index in [1.807, 2.05) is 12.4 Å². The van der Waals surface area contributed by atoms with Gasteiger partial charge >= 0.3 is 0 Å². The molecule has 68 valence electrons. The molecule has 1 aliphatic rings. The minimum atomic E-state index is 0.691. The molecule has 0 N–H and O–H groups in total. The van der Waals surface area contributed by atoms with Gasteiger partial charge in [0.2, 0.25) is 0 Å². The predicted molar refractivity (Wildman–Crippen MR) is 55.3 cm³/mol. The van der Waals surface area contributed by atoms with Crippen LogP contribution in [0.25, 0.3) is 6.08 Å².